The van der Waals surface area contributed by atoms with E-state index in [0.29, 0.717) is 28.5 Å². The predicted octanol–water partition coefficient (Wildman–Crippen LogP) is 3.86. The molecule has 3 rings (SSSR count). The van der Waals surface area contributed by atoms with Gasteiger partial charge in [-0.25, -0.2) is 0 Å². The number of hydrogen-bond acceptors (Lipinski definition) is 5. The van der Waals surface area contributed by atoms with Crippen LogP contribution in [0.2, 0.25) is 5.02 Å². The average molecular weight is 406 g/mol. The molecule has 6 nitrogen and oxygen atoms in total. The van der Waals surface area contributed by atoms with E-state index < -0.39 is 0 Å². The number of hydrogen-bond donors (Lipinski definition) is 2. The molecular weight excluding hydrogens is 382 g/mol. The summed E-state index contributed by atoms with van der Waals surface area (Å²) in [6.07, 6.45) is 2.32. The molecule has 0 atom stereocenters. The summed E-state index contributed by atoms with van der Waals surface area (Å²) in [7, 11) is 1.60. The Bertz CT molecular complexity index is 795. The highest BCUT2D eigenvalue weighted by Gasteiger charge is 2.19. The number of thiocarbonyl (C=S) groups is 1. The fraction of sp³-hybridized carbons (Fsp3) is 0.421. The highest BCUT2D eigenvalue weighted by atomic mass is 35.5. The van der Waals surface area contributed by atoms with Gasteiger partial charge in [0.25, 0.3) is 0 Å². The first kappa shape index (κ1) is 19.6. The quantitative estimate of drug-likeness (QED) is 0.732. The Labute approximate surface area is 170 Å². The van der Waals surface area contributed by atoms with Crippen LogP contribution in [0, 0.1) is 5.92 Å². The van der Waals surface area contributed by atoms with Crippen LogP contribution in [0.5, 0.6) is 5.88 Å². The Hall–Kier alpha value is -2.12. The SMILES string of the molecule is COc1cc(N2CCC(C)CC2)nc(NC(=S)NCc2ccccc2Cl)n1. The minimum absolute atomic E-state index is 0.416. The zero-order valence-corrected chi connectivity index (χ0v) is 17.1. The van der Waals surface area contributed by atoms with Gasteiger partial charge in [-0.15, -0.1) is 0 Å². The summed E-state index contributed by atoms with van der Waals surface area (Å²) in [5, 5.41) is 7.31. The molecule has 1 aromatic heterocycles. The van der Waals surface area contributed by atoms with E-state index in [1.54, 1.807) is 7.11 Å². The van der Waals surface area contributed by atoms with Crippen LogP contribution in [0.1, 0.15) is 25.3 Å². The summed E-state index contributed by atoms with van der Waals surface area (Å²) in [6.45, 7) is 4.77. The molecule has 1 aliphatic heterocycles. The van der Waals surface area contributed by atoms with Gasteiger partial charge in [0.15, 0.2) is 5.11 Å². The molecule has 0 bridgehead atoms. The lowest BCUT2D eigenvalue weighted by atomic mass is 9.99. The van der Waals surface area contributed by atoms with Gasteiger partial charge in [0, 0.05) is 30.7 Å². The summed E-state index contributed by atoms with van der Waals surface area (Å²) >= 11 is 11.5. The highest BCUT2D eigenvalue weighted by molar-refractivity contribution is 7.80. The maximum absolute atomic E-state index is 6.17. The van der Waals surface area contributed by atoms with Crippen molar-refractivity contribution in [2.45, 2.75) is 26.3 Å². The molecule has 0 unspecified atom stereocenters. The number of methoxy groups -OCH3 is 1. The van der Waals surface area contributed by atoms with Gasteiger partial charge in [-0.3, -0.25) is 0 Å². The van der Waals surface area contributed by atoms with Crippen LogP contribution in [0.4, 0.5) is 11.8 Å². The first-order valence-electron chi connectivity index (χ1n) is 9.01. The number of halogens is 1. The standard InChI is InChI=1S/C19H24ClN5OS/c1-13-7-9-25(10-8-13)16-11-17(26-2)23-18(22-16)24-19(27)21-12-14-5-3-4-6-15(14)20/h3-6,11,13H,7-10,12H2,1-2H3,(H2,21,22,23,24,27). The van der Waals surface area contributed by atoms with E-state index in [2.05, 4.69) is 32.4 Å². The first-order chi connectivity index (χ1) is 13.0. The minimum Gasteiger partial charge on any atom is -0.481 e. The maximum atomic E-state index is 6.17. The normalized spacial score (nSPS) is 14.7. The number of benzene rings is 1. The largest absolute Gasteiger partial charge is 0.481 e. The Morgan fingerprint density at radius 3 is 2.74 bits per heavy atom. The van der Waals surface area contributed by atoms with Crippen LogP contribution >= 0.6 is 23.8 Å². The molecule has 2 heterocycles. The van der Waals surface area contributed by atoms with E-state index in [9.17, 15) is 0 Å². The molecule has 27 heavy (non-hydrogen) atoms. The lowest BCUT2D eigenvalue weighted by Gasteiger charge is -2.31. The third-order valence-corrected chi connectivity index (χ3v) is 5.24. The molecule has 0 aliphatic carbocycles. The Balaban J connectivity index is 1.65. The second kappa shape index (κ2) is 9.19. The van der Waals surface area contributed by atoms with E-state index in [1.807, 2.05) is 30.3 Å². The molecule has 144 valence electrons. The number of piperidine rings is 1. The topological polar surface area (TPSA) is 62.3 Å². The summed E-state index contributed by atoms with van der Waals surface area (Å²) < 4.78 is 5.34. The number of ether oxygens (including phenoxy) is 1. The second-order valence-electron chi connectivity index (χ2n) is 6.66. The number of anilines is 2. The van der Waals surface area contributed by atoms with Gasteiger partial charge < -0.3 is 20.3 Å². The van der Waals surface area contributed by atoms with Crippen molar-refractivity contribution < 1.29 is 4.74 Å². The fourth-order valence-electron chi connectivity index (χ4n) is 2.94. The van der Waals surface area contributed by atoms with Crippen LogP contribution in [0.3, 0.4) is 0 Å². The zero-order valence-electron chi connectivity index (χ0n) is 15.5. The summed E-state index contributed by atoms with van der Waals surface area (Å²) in [5.74, 6) is 2.53. The van der Waals surface area contributed by atoms with Crippen LogP contribution < -0.4 is 20.3 Å². The van der Waals surface area contributed by atoms with Crippen LogP contribution in [-0.2, 0) is 6.54 Å². The number of nitrogens with one attached hydrogen (secondary N) is 2. The number of nitrogens with zero attached hydrogens (tertiary/aromatic N) is 3. The fourth-order valence-corrected chi connectivity index (χ4v) is 3.30. The number of aromatic nitrogens is 2. The molecule has 1 saturated heterocycles. The Morgan fingerprint density at radius 2 is 2.04 bits per heavy atom. The van der Waals surface area contributed by atoms with Gasteiger partial charge in [0.2, 0.25) is 11.8 Å². The van der Waals surface area contributed by atoms with Gasteiger partial charge in [-0.2, -0.15) is 9.97 Å². The third kappa shape index (κ3) is 5.43. The lowest BCUT2D eigenvalue weighted by molar-refractivity contribution is 0.396. The van der Waals surface area contributed by atoms with Crippen molar-refractivity contribution in [3.8, 4) is 5.88 Å². The van der Waals surface area contributed by atoms with Crippen LogP contribution in [-0.4, -0.2) is 35.3 Å². The van der Waals surface area contributed by atoms with E-state index in [4.69, 9.17) is 28.6 Å². The zero-order chi connectivity index (χ0) is 19.2. The maximum Gasteiger partial charge on any atom is 0.234 e. The van der Waals surface area contributed by atoms with Gasteiger partial charge in [0.1, 0.15) is 5.82 Å². The monoisotopic (exact) mass is 405 g/mol. The van der Waals surface area contributed by atoms with Crippen molar-refractivity contribution in [1.82, 2.24) is 15.3 Å². The van der Waals surface area contributed by atoms with E-state index in [1.165, 1.54) is 0 Å². The lowest BCUT2D eigenvalue weighted by Crippen LogP contribution is -2.34. The van der Waals surface area contributed by atoms with Gasteiger partial charge in [-0.1, -0.05) is 36.7 Å². The third-order valence-electron chi connectivity index (χ3n) is 4.63. The highest BCUT2D eigenvalue weighted by Crippen LogP contribution is 2.25. The molecule has 1 fully saturated rings. The van der Waals surface area contributed by atoms with E-state index in [-0.39, 0.29) is 0 Å². The summed E-state index contributed by atoms with van der Waals surface area (Å²) in [6, 6.07) is 9.51. The van der Waals surface area contributed by atoms with Crippen molar-refractivity contribution in [2.24, 2.45) is 5.92 Å². The van der Waals surface area contributed by atoms with E-state index in [0.717, 1.165) is 43.2 Å². The van der Waals surface area contributed by atoms with Crippen molar-refractivity contribution in [1.29, 1.82) is 0 Å². The van der Waals surface area contributed by atoms with Gasteiger partial charge in [-0.05, 0) is 42.6 Å². The van der Waals surface area contributed by atoms with Crippen LogP contribution in [0.15, 0.2) is 30.3 Å². The van der Waals surface area contributed by atoms with Crippen molar-refractivity contribution in [2.75, 3.05) is 30.4 Å². The smallest absolute Gasteiger partial charge is 0.234 e. The predicted molar refractivity (Wildman–Crippen MR) is 114 cm³/mol. The molecule has 0 radical (unpaired) electrons. The minimum atomic E-state index is 0.416. The molecule has 2 N–H and O–H groups in total. The molecule has 1 aromatic carbocycles. The molecule has 0 amide bonds. The van der Waals surface area contributed by atoms with Crippen molar-refractivity contribution in [3.63, 3.8) is 0 Å². The van der Waals surface area contributed by atoms with Crippen molar-refractivity contribution in [3.05, 3.63) is 40.9 Å². The van der Waals surface area contributed by atoms with Crippen molar-refractivity contribution >= 4 is 40.7 Å². The second-order valence-corrected chi connectivity index (χ2v) is 7.48. The molecule has 8 heteroatoms. The summed E-state index contributed by atoms with van der Waals surface area (Å²) in [5.41, 5.74) is 0.970. The molecule has 0 spiro atoms. The molecular formula is C19H24ClN5OS. The summed E-state index contributed by atoms with van der Waals surface area (Å²) in [4.78, 5) is 11.2. The Kier molecular flexibility index (Phi) is 6.68. The number of rotatable bonds is 5. The van der Waals surface area contributed by atoms with Crippen LogP contribution in [0.25, 0.3) is 0 Å². The molecule has 1 aliphatic rings. The molecule has 0 saturated carbocycles. The first-order valence-corrected chi connectivity index (χ1v) is 9.80. The molecule has 2 aromatic rings. The Morgan fingerprint density at radius 1 is 1.30 bits per heavy atom. The van der Waals surface area contributed by atoms with Gasteiger partial charge in [0.05, 0.1) is 7.11 Å². The van der Waals surface area contributed by atoms with E-state index >= 15 is 0 Å². The average Bonchev–Trinajstić information content (AvgIpc) is 2.67. The van der Waals surface area contributed by atoms with Gasteiger partial charge >= 0.3 is 0 Å².